The van der Waals surface area contributed by atoms with Gasteiger partial charge < -0.3 is 11.1 Å². The maximum absolute atomic E-state index is 12.1. The van der Waals surface area contributed by atoms with Crippen LogP contribution in [0.25, 0.3) is 0 Å². The fourth-order valence-electron chi connectivity index (χ4n) is 2.41. The molecule has 0 aliphatic carbocycles. The highest BCUT2D eigenvalue weighted by atomic mass is 16.2. The van der Waals surface area contributed by atoms with Crippen LogP contribution in [0.4, 0.5) is 0 Å². The first-order valence-corrected chi connectivity index (χ1v) is 7.75. The molecule has 1 atom stereocenters. The third kappa shape index (κ3) is 5.25. The minimum atomic E-state index is -0.775. The average Bonchev–Trinajstić information content (AvgIpc) is 2.55. The Labute approximate surface area is 136 Å². The van der Waals surface area contributed by atoms with Crippen molar-refractivity contribution >= 4 is 11.8 Å². The third-order valence-corrected chi connectivity index (χ3v) is 3.71. The van der Waals surface area contributed by atoms with Gasteiger partial charge in [-0.1, -0.05) is 60.2 Å². The number of carbonyl (C=O) groups excluding carboxylic acids is 2. The van der Waals surface area contributed by atoms with Crippen molar-refractivity contribution in [3.05, 3.63) is 71.3 Å². The Balaban J connectivity index is 1.85. The monoisotopic (exact) mass is 310 g/mol. The first kappa shape index (κ1) is 16.7. The SMILES string of the molecule is Cc1ccc(CCCC(=O)N[C@H](C(N)=O)c2ccccc2)cc1. The molecular weight excluding hydrogens is 288 g/mol. The van der Waals surface area contributed by atoms with Gasteiger partial charge in [-0.3, -0.25) is 9.59 Å². The fraction of sp³-hybridized carbons (Fsp3) is 0.263. The molecule has 4 nitrogen and oxygen atoms in total. The Morgan fingerprint density at radius 3 is 2.30 bits per heavy atom. The molecule has 0 heterocycles. The summed E-state index contributed by atoms with van der Waals surface area (Å²) in [6.45, 7) is 2.05. The molecule has 4 heteroatoms. The zero-order valence-electron chi connectivity index (χ0n) is 13.3. The Morgan fingerprint density at radius 2 is 1.70 bits per heavy atom. The smallest absolute Gasteiger partial charge is 0.244 e. The average molecular weight is 310 g/mol. The van der Waals surface area contributed by atoms with Gasteiger partial charge in [0.05, 0.1) is 0 Å². The number of benzene rings is 2. The molecule has 0 aliphatic heterocycles. The number of aryl methyl sites for hydroxylation is 2. The van der Waals surface area contributed by atoms with E-state index in [2.05, 4.69) is 29.6 Å². The Hall–Kier alpha value is -2.62. The van der Waals surface area contributed by atoms with Gasteiger partial charge in [0.15, 0.2) is 0 Å². The van der Waals surface area contributed by atoms with Crippen molar-refractivity contribution in [1.82, 2.24) is 5.32 Å². The van der Waals surface area contributed by atoms with Crippen molar-refractivity contribution in [1.29, 1.82) is 0 Å². The summed E-state index contributed by atoms with van der Waals surface area (Å²) in [6, 6.07) is 16.5. The summed E-state index contributed by atoms with van der Waals surface area (Å²) in [6.07, 6.45) is 1.93. The van der Waals surface area contributed by atoms with E-state index in [1.165, 1.54) is 11.1 Å². The van der Waals surface area contributed by atoms with E-state index in [9.17, 15) is 9.59 Å². The molecule has 2 aromatic rings. The maximum atomic E-state index is 12.1. The molecule has 0 saturated carbocycles. The number of nitrogens with two attached hydrogens (primary N) is 1. The molecule has 0 saturated heterocycles. The van der Waals surface area contributed by atoms with Crippen molar-refractivity contribution in [2.75, 3.05) is 0 Å². The number of hydrogen-bond acceptors (Lipinski definition) is 2. The predicted molar refractivity (Wildman–Crippen MR) is 90.6 cm³/mol. The van der Waals surface area contributed by atoms with Gasteiger partial charge in [-0.25, -0.2) is 0 Å². The molecule has 0 unspecified atom stereocenters. The second-order valence-corrected chi connectivity index (χ2v) is 5.65. The van der Waals surface area contributed by atoms with Gasteiger partial charge in [0, 0.05) is 6.42 Å². The molecule has 0 aromatic heterocycles. The lowest BCUT2D eigenvalue weighted by atomic mass is 10.0. The van der Waals surface area contributed by atoms with E-state index in [0.29, 0.717) is 12.0 Å². The van der Waals surface area contributed by atoms with Gasteiger partial charge in [-0.05, 0) is 30.9 Å². The molecule has 3 N–H and O–H groups in total. The van der Waals surface area contributed by atoms with E-state index in [1.54, 1.807) is 12.1 Å². The normalized spacial score (nSPS) is 11.7. The fourth-order valence-corrected chi connectivity index (χ4v) is 2.41. The Kier molecular flexibility index (Phi) is 5.92. The van der Waals surface area contributed by atoms with Crippen LogP contribution in [0.1, 0.15) is 35.6 Å². The van der Waals surface area contributed by atoms with Gasteiger partial charge in [0.25, 0.3) is 0 Å². The summed E-state index contributed by atoms with van der Waals surface area (Å²) in [4.78, 5) is 23.6. The van der Waals surface area contributed by atoms with Crippen LogP contribution in [-0.4, -0.2) is 11.8 Å². The molecule has 0 fully saturated rings. The first-order chi connectivity index (χ1) is 11.1. The van der Waals surface area contributed by atoms with Gasteiger partial charge in [0.2, 0.25) is 11.8 Å². The molecule has 0 bridgehead atoms. The number of primary amides is 1. The maximum Gasteiger partial charge on any atom is 0.244 e. The van der Waals surface area contributed by atoms with Crippen molar-refractivity contribution in [3.63, 3.8) is 0 Å². The highest BCUT2D eigenvalue weighted by Gasteiger charge is 2.19. The zero-order chi connectivity index (χ0) is 16.7. The summed E-state index contributed by atoms with van der Waals surface area (Å²) in [5, 5.41) is 2.71. The van der Waals surface area contributed by atoms with Crippen LogP contribution < -0.4 is 11.1 Å². The number of rotatable bonds is 7. The second kappa shape index (κ2) is 8.13. The second-order valence-electron chi connectivity index (χ2n) is 5.65. The van der Waals surface area contributed by atoms with Crippen LogP contribution in [0.15, 0.2) is 54.6 Å². The first-order valence-electron chi connectivity index (χ1n) is 7.75. The highest BCUT2D eigenvalue weighted by Crippen LogP contribution is 2.13. The number of carbonyl (C=O) groups is 2. The minimum Gasteiger partial charge on any atom is -0.368 e. The van der Waals surface area contributed by atoms with E-state index in [4.69, 9.17) is 5.73 Å². The van der Waals surface area contributed by atoms with Crippen LogP contribution >= 0.6 is 0 Å². The summed E-state index contributed by atoms with van der Waals surface area (Å²) in [5.74, 6) is -0.715. The minimum absolute atomic E-state index is 0.162. The van der Waals surface area contributed by atoms with Crippen LogP contribution in [0.5, 0.6) is 0 Å². The van der Waals surface area contributed by atoms with Crippen LogP contribution in [-0.2, 0) is 16.0 Å². The molecule has 0 spiro atoms. The Morgan fingerprint density at radius 1 is 1.04 bits per heavy atom. The molecule has 120 valence electrons. The lowest BCUT2D eigenvalue weighted by Crippen LogP contribution is -2.37. The Bertz CT molecular complexity index is 651. The topological polar surface area (TPSA) is 72.2 Å². The van der Waals surface area contributed by atoms with E-state index in [-0.39, 0.29) is 5.91 Å². The third-order valence-electron chi connectivity index (χ3n) is 3.71. The summed E-state index contributed by atoms with van der Waals surface area (Å²) in [7, 11) is 0. The van der Waals surface area contributed by atoms with Crippen LogP contribution in [0, 0.1) is 6.92 Å². The van der Waals surface area contributed by atoms with Gasteiger partial charge in [-0.15, -0.1) is 0 Å². The zero-order valence-corrected chi connectivity index (χ0v) is 13.3. The van der Waals surface area contributed by atoms with Gasteiger partial charge >= 0.3 is 0 Å². The molecule has 0 radical (unpaired) electrons. The number of nitrogens with one attached hydrogen (secondary N) is 1. The van der Waals surface area contributed by atoms with Gasteiger partial charge in [-0.2, -0.15) is 0 Å². The van der Waals surface area contributed by atoms with Crippen molar-refractivity contribution in [3.8, 4) is 0 Å². The van der Waals surface area contributed by atoms with E-state index < -0.39 is 11.9 Å². The lowest BCUT2D eigenvalue weighted by molar-refractivity contribution is -0.127. The highest BCUT2D eigenvalue weighted by molar-refractivity contribution is 5.87. The summed E-state index contributed by atoms with van der Waals surface area (Å²) in [5.41, 5.74) is 8.53. The summed E-state index contributed by atoms with van der Waals surface area (Å²) < 4.78 is 0. The van der Waals surface area contributed by atoms with E-state index >= 15 is 0 Å². The molecular formula is C19H22N2O2. The number of amides is 2. The lowest BCUT2D eigenvalue weighted by Gasteiger charge is -2.15. The standard InChI is InChI=1S/C19H22N2O2/c1-14-10-12-15(13-11-14)6-5-9-17(22)21-18(19(20)23)16-7-3-2-4-8-16/h2-4,7-8,10-13,18H,5-6,9H2,1H3,(H2,20,23)(H,21,22)/t18-/m0/s1. The van der Waals surface area contributed by atoms with Crippen molar-refractivity contribution in [2.45, 2.75) is 32.2 Å². The van der Waals surface area contributed by atoms with Crippen LogP contribution in [0.2, 0.25) is 0 Å². The van der Waals surface area contributed by atoms with Crippen molar-refractivity contribution < 1.29 is 9.59 Å². The quantitative estimate of drug-likeness (QED) is 0.825. The van der Waals surface area contributed by atoms with Gasteiger partial charge in [0.1, 0.15) is 6.04 Å². The summed E-state index contributed by atoms with van der Waals surface area (Å²) >= 11 is 0. The van der Waals surface area contributed by atoms with Crippen LogP contribution in [0.3, 0.4) is 0 Å². The molecule has 0 aliphatic rings. The number of hydrogen-bond donors (Lipinski definition) is 2. The molecule has 2 aromatic carbocycles. The molecule has 23 heavy (non-hydrogen) atoms. The van der Waals surface area contributed by atoms with E-state index in [0.717, 1.165) is 12.8 Å². The largest absolute Gasteiger partial charge is 0.368 e. The molecule has 2 rings (SSSR count). The van der Waals surface area contributed by atoms with Crippen molar-refractivity contribution in [2.24, 2.45) is 5.73 Å². The molecule has 2 amide bonds. The van der Waals surface area contributed by atoms with E-state index in [1.807, 2.05) is 25.1 Å². The predicted octanol–water partition coefficient (Wildman–Crippen LogP) is 2.66.